The molecule has 12 heteroatoms. The largest absolute Gasteiger partial charge is 0.298 e. The Morgan fingerprint density at radius 3 is 2.30 bits per heavy atom. The SMILES string of the molecule is O=C(NNC(=S)NC(=O)c1ccc(Cl)cc1Cl)c1ccc(Cl)c([N+](=O)[O-])c1. The Balaban J connectivity index is 1.97. The highest BCUT2D eigenvalue weighted by atomic mass is 35.5. The molecule has 0 aliphatic rings. The lowest BCUT2D eigenvalue weighted by Gasteiger charge is -2.11. The number of nitrogens with zero attached hydrogens (tertiary/aromatic N) is 1. The molecule has 0 saturated heterocycles. The van der Waals surface area contributed by atoms with E-state index in [1.54, 1.807) is 0 Å². The lowest BCUT2D eigenvalue weighted by Crippen LogP contribution is -2.48. The zero-order valence-electron chi connectivity index (χ0n) is 13.1. The van der Waals surface area contributed by atoms with E-state index in [4.69, 9.17) is 47.0 Å². The maximum absolute atomic E-state index is 12.1. The molecule has 2 aromatic rings. The number of hydrogen-bond donors (Lipinski definition) is 3. The molecule has 0 unspecified atom stereocenters. The average Bonchev–Trinajstić information content (AvgIpc) is 2.59. The van der Waals surface area contributed by atoms with Gasteiger partial charge in [0.05, 0.1) is 15.5 Å². The van der Waals surface area contributed by atoms with Gasteiger partial charge in [-0.15, -0.1) is 0 Å². The van der Waals surface area contributed by atoms with Crippen molar-refractivity contribution < 1.29 is 14.5 Å². The lowest BCUT2D eigenvalue weighted by atomic mass is 10.2. The van der Waals surface area contributed by atoms with E-state index in [1.807, 2.05) is 0 Å². The highest BCUT2D eigenvalue weighted by molar-refractivity contribution is 7.80. The average molecular weight is 448 g/mol. The van der Waals surface area contributed by atoms with Gasteiger partial charge in [0.15, 0.2) is 5.11 Å². The van der Waals surface area contributed by atoms with E-state index < -0.39 is 22.4 Å². The molecular weight excluding hydrogens is 439 g/mol. The zero-order chi connectivity index (χ0) is 20.1. The van der Waals surface area contributed by atoms with Gasteiger partial charge in [-0.05, 0) is 42.5 Å². The van der Waals surface area contributed by atoms with Gasteiger partial charge in [-0.25, -0.2) is 0 Å². The van der Waals surface area contributed by atoms with Crippen LogP contribution in [0.15, 0.2) is 36.4 Å². The number of halogens is 3. The molecule has 140 valence electrons. The smallest absolute Gasteiger partial charge is 0.288 e. The minimum atomic E-state index is -0.726. The van der Waals surface area contributed by atoms with Gasteiger partial charge in [0, 0.05) is 16.7 Å². The van der Waals surface area contributed by atoms with Crippen molar-refractivity contribution in [1.29, 1.82) is 0 Å². The fraction of sp³-hybridized carbons (Fsp3) is 0. The number of rotatable bonds is 3. The molecule has 0 heterocycles. The van der Waals surface area contributed by atoms with Crippen molar-refractivity contribution in [1.82, 2.24) is 16.2 Å². The molecule has 2 amide bonds. The zero-order valence-corrected chi connectivity index (χ0v) is 16.2. The maximum atomic E-state index is 12.1. The number of hydrogen-bond acceptors (Lipinski definition) is 5. The van der Waals surface area contributed by atoms with Crippen molar-refractivity contribution in [2.45, 2.75) is 0 Å². The second-order valence-corrected chi connectivity index (χ2v) is 6.57. The molecule has 0 atom stereocenters. The first-order chi connectivity index (χ1) is 12.7. The molecule has 3 N–H and O–H groups in total. The number of nitro benzene ring substituents is 1. The van der Waals surface area contributed by atoms with Crippen LogP contribution in [0.3, 0.4) is 0 Å². The van der Waals surface area contributed by atoms with Crippen molar-refractivity contribution in [2.24, 2.45) is 0 Å². The van der Waals surface area contributed by atoms with Crippen LogP contribution in [0.25, 0.3) is 0 Å². The summed E-state index contributed by atoms with van der Waals surface area (Å²) in [5, 5.41) is 13.3. The van der Waals surface area contributed by atoms with Crippen molar-refractivity contribution in [2.75, 3.05) is 0 Å². The van der Waals surface area contributed by atoms with Gasteiger partial charge in [0.2, 0.25) is 0 Å². The molecule has 2 aromatic carbocycles. The molecule has 8 nitrogen and oxygen atoms in total. The number of hydrazine groups is 1. The number of carbonyl (C=O) groups is 2. The van der Waals surface area contributed by atoms with Crippen LogP contribution < -0.4 is 16.2 Å². The summed E-state index contributed by atoms with van der Waals surface area (Å²) >= 11 is 22.3. The Labute approximate surface area is 172 Å². The number of nitro groups is 1. The second kappa shape index (κ2) is 8.96. The van der Waals surface area contributed by atoms with Crippen LogP contribution in [0.4, 0.5) is 5.69 Å². The number of benzene rings is 2. The van der Waals surface area contributed by atoms with Gasteiger partial charge < -0.3 is 0 Å². The van der Waals surface area contributed by atoms with Crippen LogP contribution in [0, 0.1) is 10.1 Å². The van der Waals surface area contributed by atoms with Gasteiger partial charge in [0.1, 0.15) is 5.02 Å². The van der Waals surface area contributed by atoms with Crippen molar-refractivity contribution in [3.8, 4) is 0 Å². The Morgan fingerprint density at radius 1 is 0.963 bits per heavy atom. The Kier molecular flexibility index (Phi) is 6.92. The maximum Gasteiger partial charge on any atom is 0.288 e. The summed E-state index contributed by atoms with van der Waals surface area (Å²) < 4.78 is 0. The first-order valence-corrected chi connectivity index (χ1v) is 8.54. The fourth-order valence-electron chi connectivity index (χ4n) is 1.85. The highest BCUT2D eigenvalue weighted by Crippen LogP contribution is 2.25. The van der Waals surface area contributed by atoms with Crippen LogP contribution in [-0.2, 0) is 0 Å². The first kappa shape index (κ1) is 20.8. The predicted octanol–water partition coefficient (Wildman–Crippen LogP) is 3.50. The van der Waals surface area contributed by atoms with Crippen LogP contribution in [0.2, 0.25) is 15.1 Å². The summed E-state index contributed by atoms with van der Waals surface area (Å²) in [5.74, 6) is -1.35. The molecule has 0 spiro atoms. The van der Waals surface area contributed by atoms with E-state index in [-0.39, 0.29) is 26.3 Å². The summed E-state index contributed by atoms with van der Waals surface area (Å²) in [5.41, 5.74) is 4.18. The van der Waals surface area contributed by atoms with Gasteiger partial charge in [-0.2, -0.15) is 0 Å². The minimum absolute atomic E-state index is 0.0338. The minimum Gasteiger partial charge on any atom is -0.298 e. The highest BCUT2D eigenvalue weighted by Gasteiger charge is 2.17. The molecule has 0 saturated carbocycles. The molecule has 27 heavy (non-hydrogen) atoms. The summed E-state index contributed by atoms with van der Waals surface area (Å²) in [7, 11) is 0. The van der Waals surface area contributed by atoms with E-state index in [0.29, 0.717) is 5.02 Å². The number of thiocarbonyl (C=S) groups is 1. The van der Waals surface area contributed by atoms with Gasteiger partial charge in [-0.3, -0.25) is 35.9 Å². The Bertz CT molecular complexity index is 955. The van der Waals surface area contributed by atoms with E-state index in [0.717, 1.165) is 6.07 Å². The van der Waals surface area contributed by atoms with Crippen LogP contribution >= 0.6 is 47.0 Å². The first-order valence-electron chi connectivity index (χ1n) is 6.99. The monoisotopic (exact) mass is 446 g/mol. The number of nitrogens with one attached hydrogen (secondary N) is 3. The van der Waals surface area contributed by atoms with Crippen molar-refractivity contribution >= 4 is 69.6 Å². The third kappa shape index (κ3) is 5.51. The number of carbonyl (C=O) groups excluding carboxylic acids is 2. The number of amides is 2. The van der Waals surface area contributed by atoms with Crippen LogP contribution in [0.5, 0.6) is 0 Å². The third-order valence-electron chi connectivity index (χ3n) is 3.10. The quantitative estimate of drug-likeness (QED) is 0.377. The van der Waals surface area contributed by atoms with Gasteiger partial charge in [0.25, 0.3) is 17.5 Å². The standard InChI is InChI=1S/C15H9Cl3N4O4S/c16-8-2-3-9(11(18)6-8)14(24)19-15(27)21-20-13(23)7-1-4-10(17)12(5-7)22(25)26/h1-6H,(H,20,23)(H2,19,21,24,27). The van der Waals surface area contributed by atoms with E-state index >= 15 is 0 Å². The van der Waals surface area contributed by atoms with Crippen molar-refractivity contribution in [3.63, 3.8) is 0 Å². The molecule has 0 radical (unpaired) electrons. The normalized spacial score (nSPS) is 10.0. The lowest BCUT2D eigenvalue weighted by molar-refractivity contribution is -0.384. The molecular formula is C15H9Cl3N4O4S. The molecule has 0 aromatic heterocycles. The predicted molar refractivity (Wildman–Crippen MR) is 105 cm³/mol. The van der Waals surface area contributed by atoms with Gasteiger partial charge >= 0.3 is 0 Å². The summed E-state index contributed by atoms with van der Waals surface area (Å²) in [6, 6.07) is 7.80. The van der Waals surface area contributed by atoms with Crippen LogP contribution in [-0.4, -0.2) is 21.9 Å². The Morgan fingerprint density at radius 2 is 1.67 bits per heavy atom. The van der Waals surface area contributed by atoms with E-state index in [1.165, 1.54) is 30.3 Å². The van der Waals surface area contributed by atoms with Crippen molar-refractivity contribution in [3.05, 3.63) is 72.7 Å². The third-order valence-corrected chi connectivity index (χ3v) is 4.17. The summed E-state index contributed by atoms with van der Waals surface area (Å²) in [4.78, 5) is 34.3. The summed E-state index contributed by atoms with van der Waals surface area (Å²) in [6.45, 7) is 0. The molecule has 2 rings (SSSR count). The van der Waals surface area contributed by atoms with E-state index in [2.05, 4.69) is 16.2 Å². The summed E-state index contributed by atoms with van der Waals surface area (Å²) in [6.07, 6.45) is 0. The second-order valence-electron chi connectivity index (χ2n) is 4.91. The van der Waals surface area contributed by atoms with Crippen LogP contribution in [0.1, 0.15) is 20.7 Å². The topological polar surface area (TPSA) is 113 Å². The molecule has 0 bridgehead atoms. The van der Waals surface area contributed by atoms with E-state index in [9.17, 15) is 19.7 Å². The molecule has 0 aliphatic carbocycles. The molecule has 0 fully saturated rings. The Hall–Kier alpha value is -2.46. The fourth-order valence-corrected chi connectivity index (χ4v) is 2.68. The molecule has 0 aliphatic heterocycles. The van der Waals surface area contributed by atoms with Gasteiger partial charge in [-0.1, -0.05) is 34.8 Å².